The van der Waals surface area contributed by atoms with E-state index < -0.39 is 0 Å². The lowest BCUT2D eigenvalue weighted by Gasteiger charge is -2.24. The van der Waals surface area contributed by atoms with Gasteiger partial charge in [-0.05, 0) is 39.5 Å². The van der Waals surface area contributed by atoms with Gasteiger partial charge in [-0.3, -0.25) is 0 Å². The maximum atomic E-state index is 4.32. The number of rotatable bonds is 4. The quantitative estimate of drug-likeness (QED) is 0.865. The number of hydrogen-bond acceptors (Lipinski definition) is 3. The van der Waals surface area contributed by atoms with E-state index in [9.17, 15) is 0 Å². The number of aromatic nitrogens is 1. The molecule has 0 amide bonds. The van der Waals surface area contributed by atoms with E-state index in [1.54, 1.807) is 11.3 Å². The number of thiazole rings is 1. The van der Waals surface area contributed by atoms with Crippen molar-refractivity contribution in [3.63, 3.8) is 0 Å². The van der Waals surface area contributed by atoms with Crippen molar-refractivity contribution in [2.45, 2.75) is 58.5 Å². The van der Waals surface area contributed by atoms with E-state index in [-0.39, 0.29) is 0 Å². The van der Waals surface area contributed by atoms with E-state index in [0.29, 0.717) is 12.1 Å². The Hall–Kier alpha value is -0.410. The molecule has 0 aliphatic heterocycles. The first-order valence-corrected chi connectivity index (χ1v) is 7.22. The van der Waals surface area contributed by atoms with Gasteiger partial charge < -0.3 is 5.32 Å². The highest BCUT2D eigenvalue weighted by atomic mass is 32.1. The number of nitrogens with one attached hydrogen (secondary N) is 1. The van der Waals surface area contributed by atoms with Gasteiger partial charge in [0, 0.05) is 17.0 Å². The molecule has 3 heteroatoms. The highest BCUT2D eigenvalue weighted by Gasteiger charge is 2.23. The van der Waals surface area contributed by atoms with E-state index in [1.807, 2.05) is 5.51 Å². The average Bonchev–Trinajstić information content (AvgIpc) is 2.86. The normalized spacial score (nSPS) is 21.2. The van der Waals surface area contributed by atoms with Gasteiger partial charge in [0.2, 0.25) is 0 Å². The van der Waals surface area contributed by atoms with E-state index >= 15 is 0 Å². The largest absolute Gasteiger partial charge is 0.307 e. The molecule has 2 rings (SSSR count). The summed E-state index contributed by atoms with van der Waals surface area (Å²) in [5, 5.41) is 3.74. The molecule has 1 heterocycles. The van der Waals surface area contributed by atoms with Gasteiger partial charge in [0.1, 0.15) is 0 Å². The summed E-state index contributed by atoms with van der Waals surface area (Å²) in [5.41, 5.74) is 3.13. The fourth-order valence-corrected chi connectivity index (χ4v) is 3.61. The fourth-order valence-electron chi connectivity index (χ4n) is 2.79. The van der Waals surface area contributed by atoms with Crippen LogP contribution in [0, 0.1) is 12.8 Å². The SMILES string of the molecule is Cc1ncsc1C(C)N[C@H](C)C1CCCC1. The monoisotopic (exact) mass is 238 g/mol. The first-order chi connectivity index (χ1) is 7.68. The first kappa shape index (κ1) is 12.1. The summed E-state index contributed by atoms with van der Waals surface area (Å²) < 4.78 is 0. The fraction of sp³-hybridized carbons (Fsp3) is 0.769. The summed E-state index contributed by atoms with van der Waals surface area (Å²) >= 11 is 1.77. The highest BCUT2D eigenvalue weighted by molar-refractivity contribution is 7.09. The molecule has 1 saturated carbocycles. The maximum Gasteiger partial charge on any atom is 0.0798 e. The van der Waals surface area contributed by atoms with Crippen LogP contribution in [0.25, 0.3) is 0 Å². The van der Waals surface area contributed by atoms with Crippen LogP contribution >= 0.6 is 11.3 Å². The van der Waals surface area contributed by atoms with Crippen LogP contribution in [0.2, 0.25) is 0 Å². The van der Waals surface area contributed by atoms with Gasteiger partial charge in [-0.15, -0.1) is 11.3 Å². The Labute approximate surface area is 102 Å². The number of nitrogens with zero attached hydrogens (tertiary/aromatic N) is 1. The second-order valence-corrected chi connectivity index (χ2v) is 5.91. The predicted octanol–water partition coefficient (Wildman–Crippen LogP) is 3.68. The van der Waals surface area contributed by atoms with Crippen molar-refractivity contribution < 1.29 is 0 Å². The molecule has 1 fully saturated rings. The van der Waals surface area contributed by atoms with Crippen molar-refractivity contribution in [2.75, 3.05) is 0 Å². The molecule has 1 aromatic heterocycles. The second kappa shape index (κ2) is 5.28. The molecule has 1 aromatic rings. The molecule has 1 aliphatic carbocycles. The summed E-state index contributed by atoms with van der Waals surface area (Å²) in [7, 11) is 0. The summed E-state index contributed by atoms with van der Waals surface area (Å²) in [5.74, 6) is 0.885. The summed E-state index contributed by atoms with van der Waals surface area (Å²) in [4.78, 5) is 5.71. The van der Waals surface area contributed by atoms with Crippen molar-refractivity contribution >= 4 is 11.3 Å². The molecule has 0 aromatic carbocycles. The van der Waals surface area contributed by atoms with Crippen LogP contribution in [0.1, 0.15) is 56.1 Å². The molecule has 0 bridgehead atoms. The third-order valence-corrected chi connectivity index (χ3v) is 4.91. The van der Waals surface area contributed by atoms with Gasteiger partial charge in [0.05, 0.1) is 11.2 Å². The average molecular weight is 238 g/mol. The minimum Gasteiger partial charge on any atom is -0.307 e. The smallest absolute Gasteiger partial charge is 0.0798 e. The molecule has 16 heavy (non-hydrogen) atoms. The Morgan fingerprint density at radius 3 is 2.62 bits per heavy atom. The van der Waals surface area contributed by atoms with Crippen LogP contribution in [0.3, 0.4) is 0 Å². The van der Waals surface area contributed by atoms with Crippen LogP contribution < -0.4 is 5.32 Å². The molecule has 0 saturated heterocycles. The van der Waals surface area contributed by atoms with Crippen molar-refractivity contribution in [1.29, 1.82) is 0 Å². The zero-order valence-electron chi connectivity index (χ0n) is 10.5. The van der Waals surface area contributed by atoms with Crippen LogP contribution in [0.15, 0.2) is 5.51 Å². The Kier molecular flexibility index (Phi) is 3.98. The number of hydrogen-bond donors (Lipinski definition) is 1. The molecule has 2 nitrogen and oxygen atoms in total. The molecule has 0 radical (unpaired) electrons. The van der Waals surface area contributed by atoms with Gasteiger partial charge in [0.25, 0.3) is 0 Å². The summed E-state index contributed by atoms with van der Waals surface area (Å²) in [6, 6.07) is 1.09. The standard InChI is InChI=1S/C13H22N2S/c1-9(12-6-4-5-7-12)15-11(3)13-10(2)14-8-16-13/h8-9,11-12,15H,4-7H2,1-3H3/t9-,11?/m1/s1. The second-order valence-electron chi connectivity index (χ2n) is 5.02. The third kappa shape index (κ3) is 2.64. The van der Waals surface area contributed by atoms with Crippen molar-refractivity contribution in [2.24, 2.45) is 5.92 Å². The van der Waals surface area contributed by atoms with Gasteiger partial charge >= 0.3 is 0 Å². The molecule has 1 N–H and O–H groups in total. The first-order valence-electron chi connectivity index (χ1n) is 6.34. The lowest BCUT2D eigenvalue weighted by Crippen LogP contribution is -2.34. The van der Waals surface area contributed by atoms with Crippen molar-refractivity contribution in [3.8, 4) is 0 Å². The zero-order valence-corrected chi connectivity index (χ0v) is 11.3. The maximum absolute atomic E-state index is 4.32. The van der Waals surface area contributed by atoms with Gasteiger partial charge in [-0.2, -0.15) is 0 Å². The van der Waals surface area contributed by atoms with Crippen molar-refractivity contribution in [1.82, 2.24) is 10.3 Å². The highest BCUT2D eigenvalue weighted by Crippen LogP contribution is 2.29. The third-order valence-electron chi connectivity index (χ3n) is 3.80. The minimum absolute atomic E-state index is 0.447. The van der Waals surface area contributed by atoms with Crippen LogP contribution in [0.4, 0.5) is 0 Å². The zero-order chi connectivity index (χ0) is 11.5. The molecule has 1 aliphatic rings. The van der Waals surface area contributed by atoms with E-state index in [2.05, 4.69) is 31.1 Å². The van der Waals surface area contributed by atoms with Gasteiger partial charge in [-0.25, -0.2) is 4.98 Å². The van der Waals surface area contributed by atoms with E-state index in [0.717, 1.165) is 5.92 Å². The Bertz CT molecular complexity index is 328. The number of aryl methyl sites for hydroxylation is 1. The summed E-state index contributed by atoms with van der Waals surface area (Å²) in [6.45, 7) is 6.69. The Morgan fingerprint density at radius 1 is 1.38 bits per heavy atom. The predicted molar refractivity (Wildman–Crippen MR) is 69.8 cm³/mol. The lowest BCUT2D eigenvalue weighted by atomic mass is 9.99. The molecular formula is C13H22N2S. The summed E-state index contributed by atoms with van der Waals surface area (Å²) in [6.07, 6.45) is 5.65. The topological polar surface area (TPSA) is 24.9 Å². The molecule has 90 valence electrons. The molecular weight excluding hydrogens is 216 g/mol. The van der Waals surface area contributed by atoms with Crippen LogP contribution in [-0.4, -0.2) is 11.0 Å². The Balaban J connectivity index is 1.91. The molecule has 1 unspecified atom stereocenters. The van der Waals surface area contributed by atoms with E-state index in [1.165, 1.54) is 36.3 Å². The lowest BCUT2D eigenvalue weighted by molar-refractivity contribution is 0.354. The Morgan fingerprint density at radius 2 is 2.06 bits per heavy atom. The van der Waals surface area contributed by atoms with Crippen molar-refractivity contribution in [3.05, 3.63) is 16.1 Å². The molecule has 0 spiro atoms. The van der Waals surface area contributed by atoms with Gasteiger partial charge in [-0.1, -0.05) is 12.8 Å². The van der Waals surface area contributed by atoms with E-state index in [4.69, 9.17) is 0 Å². The molecule has 2 atom stereocenters. The minimum atomic E-state index is 0.447. The van der Waals surface area contributed by atoms with Gasteiger partial charge in [0.15, 0.2) is 0 Å². The van der Waals surface area contributed by atoms with Crippen LogP contribution in [0.5, 0.6) is 0 Å². The van der Waals surface area contributed by atoms with Crippen LogP contribution in [-0.2, 0) is 0 Å².